The summed E-state index contributed by atoms with van der Waals surface area (Å²) in [5.74, 6) is 0. The number of carbonyl (C=O) groups is 1. The zero-order chi connectivity index (χ0) is 8.85. The van der Waals surface area contributed by atoms with Gasteiger partial charge in [-0.2, -0.15) is 0 Å². The van der Waals surface area contributed by atoms with Crippen LogP contribution >= 0.6 is 0 Å². The molecule has 66 valence electrons. The van der Waals surface area contributed by atoms with Gasteiger partial charge in [0.2, 0.25) is 0 Å². The van der Waals surface area contributed by atoms with Crippen LogP contribution in [0.3, 0.4) is 0 Å². The summed E-state index contributed by atoms with van der Waals surface area (Å²) in [4.78, 5) is 12.0. The Kier molecular flexibility index (Phi) is 4.66. The molecule has 0 aromatic carbocycles. The summed E-state index contributed by atoms with van der Waals surface area (Å²) in [5, 5.41) is 8.70. The molecule has 0 aromatic heterocycles. The lowest BCUT2D eigenvalue weighted by atomic mass is 10.3. The molecule has 0 unspecified atom stereocenters. The van der Waals surface area contributed by atoms with E-state index in [4.69, 9.17) is 5.11 Å². The minimum atomic E-state index is -0.812. The lowest BCUT2D eigenvalue weighted by Gasteiger charge is -2.22. The smallest absolute Gasteiger partial charge is 0.407 e. The standard InChI is InChI=1S/C8H17NO2/c1-4-5-6-9(7(2)3)8(10)11/h7H,4-6H2,1-3H3,(H,10,11). The Morgan fingerprint density at radius 1 is 1.55 bits per heavy atom. The van der Waals surface area contributed by atoms with E-state index in [0.29, 0.717) is 6.54 Å². The third-order valence-corrected chi connectivity index (χ3v) is 1.62. The minimum Gasteiger partial charge on any atom is -0.465 e. The van der Waals surface area contributed by atoms with Crippen LogP contribution in [0.4, 0.5) is 4.79 Å². The van der Waals surface area contributed by atoms with Crippen LogP contribution in [0.25, 0.3) is 0 Å². The van der Waals surface area contributed by atoms with Crippen molar-refractivity contribution in [2.24, 2.45) is 0 Å². The molecule has 3 heteroatoms. The second-order valence-electron chi connectivity index (χ2n) is 2.92. The third kappa shape index (κ3) is 3.86. The van der Waals surface area contributed by atoms with Crippen LogP contribution in [0.5, 0.6) is 0 Å². The van der Waals surface area contributed by atoms with E-state index in [9.17, 15) is 4.79 Å². The molecule has 0 rings (SSSR count). The maximum atomic E-state index is 10.6. The number of carboxylic acid groups (broad SMARTS) is 1. The van der Waals surface area contributed by atoms with Crippen LogP contribution in [0.2, 0.25) is 0 Å². The van der Waals surface area contributed by atoms with E-state index in [0.717, 1.165) is 12.8 Å². The van der Waals surface area contributed by atoms with Gasteiger partial charge in [0.1, 0.15) is 0 Å². The first-order valence-electron chi connectivity index (χ1n) is 4.09. The fourth-order valence-electron chi connectivity index (χ4n) is 0.903. The lowest BCUT2D eigenvalue weighted by molar-refractivity contribution is 0.131. The Labute approximate surface area is 68.0 Å². The van der Waals surface area contributed by atoms with Gasteiger partial charge in [-0.3, -0.25) is 0 Å². The molecule has 0 aliphatic carbocycles. The van der Waals surface area contributed by atoms with Crippen molar-refractivity contribution in [1.29, 1.82) is 0 Å². The number of unbranched alkanes of at least 4 members (excludes halogenated alkanes) is 1. The second-order valence-corrected chi connectivity index (χ2v) is 2.92. The van der Waals surface area contributed by atoms with Gasteiger partial charge in [-0.05, 0) is 20.3 Å². The van der Waals surface area contributed by atoms with E-state index in [2.05, 4.69) is 6.92 Å². The van der Waals surface area contributed by atoms with Crippen molar-refractivity contribution in [3.8, 4) is 0 Å². The first-order chi connectivity index (χ1) is 5.09. The molecule has 0 spiro atoms. The van der Waals surface area contributed by atoms with Crippen molar-refractivity contribution >= 4 is 6.09 Å². The van der Waals surface area contributed by atoms with Crippen molar-refractivity contribution in [2.45, 2.75) is 39.7 Å². The van der Waals surface area contributed by atoms with E-state index in [1.807, 2.05) is 13.8 Å². The fraction of sp³-hybridized carbons (Fsp3) is 0.875. The summed E-state index contributed by atoms with van der Waals surface area (Å²) in [6, 6.07) is 0.0963. The molecule has 0 atom stereocenters. The molecule has 0 radical (unpaired) electrons. The normalized spacial score (nSPS) is 10.2. The van der Waals surface area contributed by atoms with Crippen molar-refractivity contribution in [3.63, 3.8) is 0 Å². The Balaban J connectivity index is 3.80. The Morgan fingerprint density at radius 3 is 2.36 bits per heavy atom. The minimum absolute atomic E-state index is 0.0963. The van der Waals surface area contributed by atoms with Gasteiger partial charge >= 0.3 is 6.09 Å². The van der Waals surface area contributed by atoms with E-state index in [1.54, 1.807) is 0 Å². The van der Waals surface area contributed by atoms with Crippen molar-refractivity contribution in [3.05, 3.63) is 0 Å². The van der Waals surface area contributed by atoms with Crippen molar-refractivity contribution in [2.75, 3.05) is 6.54 Å². The molecule has 0 aliphatic heterocycles. The number of hydrogen-bond donors (Lipinski definition) is 1. The summed E-state index contributed by atoms with van der Waals surface area (Å²) in [6.07, 6.45) is 1.18. The molecule has 11 heavy (non-hydrogen) atoms. The Hall–Kier alpha value is -0.730. The Bertz CT molecular complexity index is 123. The average molecular weight is 159 g/mol. The third-order valence-electron chi connectivity index (χ3n) is 1.62. The summed E-state index contributed by atoms with van der Waals surface area (Å²) in [7, 11) is 0. The first-order valence-corrected chi connectivity index (χ1v) is 4.09. The summed E-state index contributed by atoms with van der Waals surface area (Å²) in [5.41, 5.74) is 0. The molecule has 1 N–H and O–H groups in total. The van der Waals surface area contributed by atoms with Gasteiger partial charge in [0, 0.05) is 12.6 Å². The van der Waals surface area contributed by atoms with Gasteiger partial charge in [0.15, 0.2) is 0 Å². The first kappa shape index (κ1) is 10.3. The Morgan fingerprint density at radius 2 is 2.09 bits per heavy atom. The molecule has 0 heterocycles. The number of hydrogen-bond acceptors (Lipinski definition) is 1. The largest absolute Gasteiger partial charge is 0.465 e. The number of amides is 1. The molecule has 0 fully saturated rings. The molecular formula is C8H17NO2. The molecule has 0 saturated carbocycles. The molecule has 0 saturated heterocycles. The van der Waals surface area contributed by atoms with Gasteiger partial charge in [-0.25, -0.2) is 4.79 Å². The van der Waals surface area contributed by atoms with Crippen LogP contribution in [-0.4, -0.2) is 28.7 Å². The van der Waals surface area contributed by atoms with Gasteiger partial charge in [-0.15, -0.1) is 0 Å². The molecule has 0 bridgehead atoms. The zero-order valence-corrected chi connectivity index (χ0v) is 7.50. The van der Waals surface area contributed by atoms with E-state index in [1.165, 1.54) is 4.90 Å². The van der Waals surface area contributed by atoms with Crippen molar-refractivity contribution in [1.82, 2.24) is 4.90 Å². The van der Waals surface area contributed by atoms with E-state index >= 15 is 0 Å². The van der Waals surface area contributed by atoms with E-state index in [-0.39, 0.29) is 6.04 Å². The second kappa shape index (κ2) is 4.99. The monoisotopic (exact) mass is 159 g/mol. The van der Waals surface area contributed by atoms with Crippen LogP contribution in [0.1, 0.15) is 33.6 Å². The molecule has 0 aromatic rings. The SMILES string of the molecule is CCCCN(C(=O)O)C(C)C. The quantitative estimate of drug-likeness (QED) is 0.683. The summed E-state index contributed by atoms with van der Waals surface area (Å²) >= 11 is 0. The highest BCUT2D eigenvalue weighted by atomic mass is 16.4. The van der Waals surface area contributed by atoms with Gasteiger partial charge in [0.25, 0.3) is 0 Å². The van der Waals surface area contributed by atoms with Crippen LogP contribution in [0.15, 0.2) is 0 Å². The fourth-order valence-corrected chi connectivity index (χ4v) is 0.903. The zero-order valence-electron chi connectivity index (χ0n) is 7.50. The predicted molar refractivity (Wildman–Crippen MR) is 44.8 cm³/mol. The van der Waals surface area contributed by atoms with Crippen LogP contribution in [-0.2, 0) is 0 Å². The highest BCUT2D eigenvalue weighted by Crippen LogP contribution is 2.01. The van der Waals surface area contributed by atoms with E-state index < -0.39 is 6.09 Å². The van der Waals surface area contributed by atoms with Crippen LogP contribution < -0.4 is 0 Å². The molecule has 0 aliphatic rings. The molecular weight excluding hydrogens is 142 g/mol. The van der Waals surface area contributed by atoms with Gasteiger partial charge in [-0.1, -0.05) is 13.3 Å². The van der Waals surface area contributed by atoms with Gasteiger partial charge < -0.3 is 10.0 Å². The molecule has 1 amide bonds. The predicted octanol–water partition coefficient (Wildman–Crippen LogP) is 2.17. The summed E-state index contributed by atoms with van der Waals surface area (Å²) in [6.45, 7) is 6.50. The highest BCUT2D eigenvalue weighted by molar-refractivity contribution is 5.65. The van der Waals surface area contributed by atoms with Crippen LogP contribution in [0, 0.1) is 0 Å². The maximum absolute atomic E-state index is 10.6. The summed E-state index contributed by atoms with van der Waals surface area (Å²) < 4.78 is 0. The average Bonchev–Trinajstić information content (AvgIpc) is 1.87. The topological polar surface area (TPSA) is 40.5 Å². The lowest BCUT2D eigenvalue weighted by Crippen LogP contribution is -2.36. The van der Waals surface area contributed by atoms with Crippen molar-refractivity contribution < 1.29 is 9.90 Å². The number of nitrogens with zero attached hydrogens (tertiary/aromatic N) is 1. The number of rotatable bonds is 4. The maximum Gasteiger partial charge on any atom is 0.407 e. The molecule has 3 nitrogen and oxygen atoms in total. The van der Waals surface area contributed by atoms with Gasteiger partial charge in [0.05, 0.1) is 0 Å². The highest BCUT2D eigenvalue weighted by Gasteiger charge is 2.13.